The van der Waals surface area contributed by atoms with E-state index in [0.717, 1.165) is 5.92 Å². The summed E-state index contributed by atoms with van der Waals surface area (Å²) < 4.78 is 0. The minimum absolute atomic E-state index is 0. The molecule has 0 amide bonds. The van der Waals surface area contributed by atoms with Gasteiger partial charge in [-0.3, -0.25) is 0 Å². The lowest BCUT2D eigenvalue weighted by atomic mass is 9.80. The molecule has 0 heteroatoms. The van der Waals surface area contributed by atoms with E-state index in [0.29, 0.717) is 5.41 Å². The Kier molecular flexibility index (Phi) is 27.0. The maximum Gasteiger partial charge on any atom is -0.0357 e. The Balaban J connectivity index is -0.0000000533. The maximum atomic E-state index is 2.34. The van der Waals surface area contributed by atoms with E-state index in [4.69, 9.17) is 0 Å². The minimum atomic E-state index is 0. The van der Waals surface area contributed by atoms with E-state index < -0.39 is 0 Å². The lowest BCUT2D eigenvalue weighted by Gasteiger charge is -2.26. The third kappa shape index (κ3) is 14.8. The van der Waals surface area contributed by atoms with Gasteiger partial charge >= 0.3 is 0 Å². The van der Waals surface area contributed by atoms with Crippen LogP contribution in [0, 0.1) is 11.3 Å². The molecule has 0 spiro atoms. The van der Waals surface area contributed by atoms with Gasteiger partial charge in [0.15, 0.2) is 0 Å². The van der Waals surface area contributed by atoms with Gasteiger partial charge < -0.3 is 0 Å². The summed E-state index contributed by atoms with van der Waals surface area (Å²) in [6.07, 6.45) is 2.68. The zero-order valence-electron chi connectivity index (χ0n) is 7.49. The zero-order valence-corrected chi connectivity index (χ0v) is 7.49. The van der Waals surface area contributed by atoms with Gasteiger partial charge in [0, 0.05) is 0 Å². The van der Waals surface area contributed by atoms with Crippen LogP contribution in [0.2, 0.25) is 0 Å². The van der Waals surface area contributed by atoms with Gasteiger partial charge in [-0.2, -0.15) is 0 Å². The van der Waals surface area contributed by atoms with Crippen molar-refractivity contribution in [2.75, 3.05) is 0 Å². The molecule has 0 rings (SSSR count). The van der Waals surface area contributed by atoms with E-state index in [1.807, 2.05) is 0 Å². The molecule has 0 aromatic rings. The van der Waals surface area contributed by atoms with Crippen LogP contribution in [0.1, 0.15) is 77.2 Å². The first-order valence-electron chi connectivity index (χ1n) is 3.98. The molecule has 0 fully saturated rings. The van der Waals surface area contributed by atoms with Crippen LogP contribution in [0.25, 0.3) is 0 Å². The average Bonchev–Trinajstić information content (AvgIpc) is 1.64. The molecule has 0 saturated carbocycles. The van der Waals surface area contributed by atoms with Gasteiger partial charge in [0.2, 0.25) is 0 Å². The van der Waals surface area contributed by atoms with Crippen molar-refractivity contribution in [3.05, 3.63) is 0 Å². The summed E-state index contributed by atoms with van der Waals surface area (Å²) in [5.74, 6) is 0.863. The van der Waals surface area contributed by atoms with E-state index >= 15 is 0 Å². The zero-order chi connectivity index (χ0) is 7.49. The average molecular weight is 192 g/mol. The van der Waals surface area contributed by atoms with Crippen molar-refractivity contribution in [3.8, 4) is 0 Å². The van der Waals surface area contributed by atoms with Crippen LogP contribution in [0.4, 0.5) is 0 Å². The number of hydrogen-bond acceptors (Lipinski definition) is 0. The molecular formula is C13H36. The summed E-state index contributed by atoms with van der Waals surface area (Å²) in [6.45, 7) is 11.5. The van der Waals surface area contributed by atoms with Gasteiger partial charge in [-0.15, -0.1) is 0 Å². The predicted octanol–water partition coefficient (Wildman–Crippen LogP) is 6.01. The van der Waals surface area contributed by atoms with Crippen molar-refractivity contribution >= 4 is 0 Å². The largest absolute Gasteiger partial charge is 0.0776 e. The second kappa shape index (κ2) is 12.0. The Morgan fingerprint density at radius 2 is 1.23 bits per heavy atom. The van der Waals surface area contributed by atoms with Crippen molar-refractivity contribution in [1.29, 1.82) is 0 Å². The third-order valence-electron chi connectivity index (χ3n) is 2.20. The van der Waals surface area contributed by atoms with Gasteiger partial charge in [-0.1, -0.05) is 77.2 Å². The highest BCUT2D eigenvalue weighted by molar-refractivity contribution is 4.68. The van der Waals surface area contributed by atoms with Crippen LogP contribution in [-0.2, 0) is 0 Å². The summed E-state index contributed by atoms with van der Waals surface area (Å²) in [5.41, 5.74) is 0.510. The molecule has 0 aromatic carbocycles. The maximum absolute atomic E-state index is 2.34. The lowest BCUT2D eigenvalue weighted by Crippen LogP contribution is -2.16. The van der Waals surface area contributed by atoms with E-state index in [2.05, 4.69) is 34.6 Å². The second-order valence-electron chi connectivity index (χ2n) is 4.06. The van der Waals surface area contributed by atoms with Gasteiger partial charge in [0.05, 0.1) is 0 Å². The Bertz CT molecular complexity index is 66.6. The first kappa shape index (κ1) is 29.2. The van der Waals surface area contributed by atoms with E-state index in [1.165, 1.54) is 12.8 Å². The molecule has 0 aromatic heterocycles. The molecule has 88 valence electrons. The Hall–Kier alpha value is 0. The van der Waals surface area contributed by atoms with Crippen molar-refractivity contribution in [2.45, 2.75) is 77.2 Å². The Morgan fingerprint density at radius 3 is 1.31 bits per heavy atom. The summed E-state index contributed by atoms with van der Waals surface area (Å²) in [6, 6.07) is 0. The van der Waals surface area contributed by atoms with Crippen LogP contribution in [-0.4, -0.2) is 0 Å². The highest BCUT2D eigenvalue weighted by Crippen LogP contribution is 2.28. The normalized spacial score (nSPS) is 10.8. The summed E-state index contributed by atoms with van der Waals surface area (Å²) in [4.78, 5) is 0. The molecule has 0 nitrogen and oxygen atoms in total. The van der Waals surface area contributed by atoms with Gasteiger partial charge in [-0.25, -0.2) is 0 Å². The van der Waals surface area contributed by atoms with Gasteiger partial charge in [-0.05, 0) is 11.3 Å². The molecule has 0 radical (unpaired) electrons. The Morgan fingerprint density at radius 1 is 0.923 bits per heavy atom. The molecule has 13 heavy (non-hydrogen) atoms. The number of hydrogen-bond donors (Lipinski definition) is 0. The molecule has 1 unspecified atom stereocenters. The molecular weight excluding hydrogens is 156 g/mol. The molecule has 0 aliphatic carbocycles. The first-order valence-corrected chi connectivity index (χ1v) is 3.98. The van der Waals surface area contributed by atoms with Crippen LogP contribution < -0.4 is 0 Å². The van der Waals surface area contributed by atoms with E-state index in [1.54, 1.807) is 0 Å². The molecule has 0 aliphatic rings. The summed E-state index contributed by atoms with van der Waals surface area (Å²) in [7, 11) is 0. The van der Waals surface area contributed by atoms with Crippen LogP contribution in [0.15, 0.2) is 0 Å². The first-order chi connectivity index (χ1) is 3.98. The SMILES string of the molecule is C.C.C.C.CCCC(C)C(C)(C)C. The summed E-state index contributed by atoms with van der Waals surface area (Å²) >= 11 is 0. The Labute approximate surface area is 89.1 Å². The molecule has 0 heterocycles. The van der Waals surface area contributed by atoms with Crippen molar-refractivity contribution in [1.82, 2.24) is 0 Å². The third-order valence-corrected chi connectivity index (χ3v) is 2.20. The quantitative estimate of drug-likeness (QED) is 0.502. The van der Waals surface area contributed by atoms with Crippen molar-refractivity contribution < 1.29 is 0 Å². The molecule has 0 bridgehead atoms. The van der Waals surface area contributed by atoms with Crippen molar-refractivity contribution in [3.63, 3.8) is 0 Å². The van der Waals surface area contributed by atoms with Crippen LogP contribution >= 0.6 is 0 Å². The van der Waals surface area contributed by atoms with E-state index in [-0.39, 0.29) is 29.7 Å². The minimum Gasteiger partial charge on any atom is -0.0776 e. The predicted molar refractivity (Wildman–Crippen MR) is 70.5 cm³/mol. The molecule has 0 N–H and O–H groups in total. The topological polar surface area (TPSA) is 0 Å². The molecule has 0 aliphatic heterocycles. The lowest BCUT2D eigenvalue weighted by molar-refractivity contribution is 0.245. The highest BCUT2D eigenvalue weighted by atomic mass is 14.2. The van der Waals surface area contributed by atoms with Crippen LogP contribution in [0.3, 0.4) is 0 Å². The van der Waals surface area contributed by atoms with Gasteiger partial charge in [0.25, 0.3) is 0 Å². The van der Waals surface area contributed by atoms with Crippen molar-refractivity contribution in [2.24, 2.45) is 11.3 Å². The number of rotatable bonds is 2. The van der Waals surface area contributed by atoms with Crippen LogP contribution in [0.5, 0.6) is 0 Å². The van der Waals surface area contributed by atoms with Gasteiger partial charge in [0.1, 0.15) is 0 Å². The fourth-order valence-corrected chi connectivity index (χ4v) is 0.866. The molecule has 1 atom stereocenters. The second-order valence-corrected chi connectivity index (χ2v) is 4.06. The van der Waals surface area contributed by atoms with E-state index in [9.17, 15) is 0 Å². The fraction of sp³-hybridized carbons (Fsp3) is 1.00. The monoisotopic (exact) mass is 192 g/mol. The summed E-state index contributed by atoms with van der Waals surface area (Å²) in [5, 5.41) is 0. The highest BCUT2D eigenvalue weighted by Gasteiger charge is 2.18. The smallest absolute Gasteiger partial charge is 0.0357 e. The fourth-order valence-electron chi connectivity index (χ4n) is 0.866. The standard InChI is InChI=1S/C9H20.4CH4/c1-6-7-8(2)9(3,4)5;;;;/h8H,6-7H2,1-5H3;4*1H4. The molecule has 0 saturated heterocycles.